The molecule has 1 aromatic rings. The molecular formula is C14H17F3N2O2. The molecule has 7 heteroatoms. The van der Waals surface area contributed by atoms with Crippen LogP contribution in [-0.4, -0.2) is 43.7 Å². The van der Waals surface area contributed by atoms with E-state index in [1.165, 1.54) is 6.07 Å². The second kappa shape index (κ2) is 5.93. The molecule has 116 valence electrons. The number of benzene rings is 1. The van der Waals surface area contributed by atoms with Crippen molar-refractivity contribution >= 4 is 11.6 Å². The molecule has 0 radical (unpaired) electrons. The van der Waals surface area contributed by atoms with Gasteiger partial charge in [-0.1, -0.05) is 0 Å². The molecule has 0 bridgehead atoms. The van der Waals surface area contributed by atoms with Gasteiger partial charge in [0.05, 0.1) is 30.4 Å². The zero-order chi connectivity index (χ0) is 15.6. The number of halogens is 3. The van der Waals surface area contributed by atoms with Crippen LogP contribution in [0.1, 0.15) is 22.8 Å². The van der Waals surface area contributed by atoms with E-state index in [9.17, 15) is 18.0 Å². The van der Waals surface area contributed by atoms with Crippen molar-refractivity contribution in [2.45, 2.75) is 19.1 Å². The van der Waals surface area contributed by atoms with Crippen molar-refractivity contribution in [3.8, 4) is 0 Å². The van der Waals surface area contributed by atoms with Crippen molar-refractivity contribution < 1.29 is 22.7 Å². The van der Waals surface area contributed by atoms with E-state index >= 15 is 0 Å². The molecule has 0 aliphatic carbocycles. The molecule has 21 heavy (non-hydrogen) atoms. The highest BCUT2D eigenvalue weighted by atomic mass is 19.4. The summed E-state index contributed by atoms with van der Waals surface area (Å²) in [6.07, 6.45) is -4.47. The molecule has 1 heterocycles. The van der Waals surface area contributed by atoms with Crippen LogP contribution in [0.2, 0.25) is 0 Å². The first kappa shape index (κ1) is 15.6. The molecule has 0 aromatic heterocycles. The number of carbonyl (C=O) groups excluding carboxylic acids is 1. The van der Waals surface area contributed by atoms with Crippen LogP contribution in [0.4, 0.5) is 18.9 Å². The second-order valence-electron chi connectivity index (χ2n) is 4.93. The fraction of sp³-hybridized carbons (Fsp3) is 0.500. The minimum atomic E-state index is -4.47. The van der Waals surface area contributed by atoms with Crippen LogP contribution in [0.5, 0.6) is 0 Å². The maximum atomic E-state index is 12.8. The number of anilines is 1. The Morgan fingerprint density at radius 1 is 1.43 bits per heavy atom. The minimum absolute atomic E-state index is 0.0288. The Balaban J connectivity index is 2.38. The van der Waals surface area contributed by atoms with Crippen LogP contribution in [0.15, 0.2) is 18.2 Å². The fourth-order valence-corrected chi connectivity index (χ4v) is 2.30. The summed E-state index contributed by atoms with van der Waals surface area (Å²) in [6.45, 7) is 2.96. The Morgan fingerprint density at radius 3 is 2.71 bits per heavy atom. The Labute approximate surface area is 120 Å². The molecule has 1 aliphatic rings. The number of nitrogens with zero attached hydrogens (tertiary/aromatic N) is 1. The van der Waals surface area contributed by atoms with E-state index in [1.54, 1.807) is 11.9 Å². The van der Waals surface area contributed by atoms with Crippen molar-refractivity contribution in [3.05, 3.63) is 29.3 Å². The highest BCUT2D eigenvalue weighted by molar-refractivity contribution is 6.00. The van der Waals surface area contributed by atoms with E-state index in [1.807, 2.05) is 6.92 Å². The van der Waals surface area contributed by atoms with Gasteiger partial charge >= 0.3 is 6.18 Å². The lowest BCUT2D eigenvalue weighted by molar-refractivity contribution is -0.137. The van der Waals surface area contributed by atoms with Gasteiger partial charge in [-0.25, -0.2) is 0 Å². The molecule has 1 unspecified atom stereocenters. The molecular weight excluding hydrogens is 285 g/mol. The van der Waals surface area contributed by atoms with Gasteiger partial charge in [0, 0.05) is 19.3 Å². The molecule has 1 amide bonds. The highest BCUT2D eigenvalue weighted by Crippen LogP contribution is 2.32. The fourth-order valence-electron chi connectivity index (χ4n) is 2.30. The number of carbonyl (C=O) groups is 1. The smallest absolute Gasteiger partial charge is 0.387 e. The summed E-state index contributed by atoms with van der Waals surface area (Å²) in [6, 6.07) is 2.98. The topological polar surface area (TPSA) is 41.6 Å². The van der Waals surface area contributed by atoms with Crippen molar-refractivity contribution in [3.63, 3.8) is 0 Å². The Hall–Kier alpha value is -1.76. The number of alkyl halides is 3. The van der Waals surface area contributed by atoms with Gasteiger partial charge in [-0.3, -0.25) is 4.79 Å². The van der Waals surface area contributed by atoms with Crippen molar-refractivity contribution in [1.82, 2.24) is 4.90 Å². The van der Waals surface area contributed by atoms with Crippen LogP contribution in [0, 0.1) is 0 Å². The molecule has 1 aliphatic heterocycles. The average molecular weight is 302 g/mol. The molecule has 0 spiro atoms. The van der Waals surface area contributed by atoms with Gasteiger partial charge in [-0.15, -0.1) is 0 Å². The van der Waals surface area contributed by atoms with E-state index in [4.69, 9.17) is 4.74 Å². The van der Waals surface area contributed by atoms with E-state index in [2.05, 4.69) is 5.32 Å². The van der Waals surface area contributed by atoms with Gasteiger partial charge in [0.1, 0.15) is 0 Å². The van der Waals surface area contributed by atoms with Crippen LogP contribution in [0.25, 0.3) is 0 Å². The number of amides is 1. The average Bonchev–Trinajstić information content (AvgIpc) is 2.45. The lowest BCUT2D eigenvalue weighted by Gasteiger charge is -2.33. The minimum Gasteiger partial charge on any atom is -0.387 e. The summed E-state index contributed by atoms with van der Waals surface area (Å²) in [7, 11) is 1.57. The third kappa shape index (κ3) is 3.29. The predicted molar refractivity (Wildman–Crippen MR) is 72.3 cm³/mol. The highest BCUT2D eigenvalue weighted by Gasteiger charge is 2.33. The molecule has 1 N–H and O–H groups in total. The number of morpholine rings is 1. The Bertz CT molecular complexity index is 531. The number of hydrogen-bond acceptors (Lipinski definition) is 3. The normalized spacial score (nSPS) is 19.5. The number of hydrogen-bond donors (Lipinski definition) is 1. The predicted octanol–water partition coefficient (Wildman–Crippen LogP) is 2.61. The van der Waals surface area contributed by atoms with Crippen LogP contribution >= 0.6 is 0 Å². The molecule has 1 fully saturated rings. The summed E-state index contributed by atoms with van der Waals surface area (Å²) in [4.78, 5) is 14.1. The van der Waals surface area contributed by atoms with Crippen LogP contribution in [-0.2, 0) is 10.9 Å². The van der Waals surface area contributed by atoms with Gasteiger partial charge in [0.15, 0.2) is 0 Å². The molecule has 4 nitrogen and oxygen atoms in total. The maximum absolute atomic E-state index is 12.8. The Morgan fingerprint density at radius 2 is 2.14 bits per heavy atom. The summed E-state index contributed by atoms with van der Waals surface area (Å²) >= 11 is 0. The summed E-state index contributed by atoms with van der Waals surface area (Å²) in [5.41, 5.74) is -0.418. The molecule has 2 rings (SSSR count). The van der Waals surface area contributed by atoms with E-state index in [-0.39, 0.29) is 11.6 Å². The molecule has 1 saturated heterocycles. The van der Waals surface area contributed by atoms with Gasteiger partial charge in [0.2, 0.25) is 0 Å². The number of ether oxygens (including phenoxy) is 1. The number of rotatable bonds is 2. The van der Waals surface area contributed by atoms with E-state index in [0.717, 1.165) is 12.1 Å². The zero-order valence-corrected chi connectivity index (χ0v) is 11.8. The third-order valence-corrected chi connectivity index (χ3v) is 3.48. The van der Waals surface area contributed by atoms with Crippen LogP contribution < -0.4 is 5.32 Å². The molecule has 1 aromatic carbocycles. The zero-order valence-electron chi connectivity index (χ0n) is 11.8. The van der Waals surface area contributed by atoms with Crippen molar-refractivity contribution in [1.29, 1.82) is 0 Å². The third-order valence-electron chi connectivity index (χ3n) is 3.48. The van der Waals surface area contributed by atoms with Crippen LogP contribution in [0.3, 0.4) is 0 Å². The van der Waals surface area contributed by atoms with Gasteiger partial charge < -0.3 is 15.0 Å². The first-order chi connectivity index (χ1) is 9.84. The summed E-state index contributed by atoms with van der Waals surface area (Å²) in [5.74, 6) is -0.416. The maximum Gasteiger partial charge on any atom is 0.416 e. The van der Waals surface area contributed by atoms with E-state index in [0.29, 0.717) is 25.4 Å². The van der Waals surface area contributed by atoms with Crippen molar-refractivity contribution in [2.24, 2.45) is 0 Å². The van der Waals surface area contributed by atoms with E-state index < -0.39 is 17.6 Å². The molecule has 0 saturated carbocycles. The lowest BCUT2D eigenvalue weighted by atomic mass is 10.1. The molecule has 1 atom stereocenters. The van der Waals surface area contributed by atoms with Gasteiger partial charge in [-0.2, -0.15) is 13.2 Å². The largest absolute Gasteiger partial charge is 0.416 e. The Kier molecular flexibility index (Phi) is 4.41. The standard InChI is InChI=1S/C14H17F3N2O2/c1-9-8-21-6-5-19(9)13(20)11-7-10(14(15,16)17)3-4-12(11)18-2/h3-4,7,9,18H,5-6,8H2,1-2H3. The summed E-state index contributed by atoms with van der Waals surface area (Å²) in [5, 5.41) is 2.76. The SMILES string of the molecule is CNc1ccc(C(F)(F)F)cc1C(=O)N1CCOCC1C. The number of nitrogens with one attached hydrogen (secondary N) is 1. The summed E-state index contributed by atoms with van der Waals surface area (Å²) < 4.78 is 43.7. The first-order valence-corrected chi connectivity index (χ1v) is 6.62. The van der Waals surface area contributed by atoms with Gasteiger partial charge in [0.25, 0.3) is 5.91 Å². The monoisotopic (exact) mass is 302 g/mol. The van der Waals surface area contributed by atoms with Gasteiger partial charge in [-0.05, 0) is 25.1 Å². The first-order valence-electron chi connectivity index (χ1n) is 6.62. The second-order valence-corrected chi connectivity index (χ2v) is 4.93. The quantitative estimate of drug-likeness (QED) is 0.913. The lowest BCUT2D eigenvalue weighted by Crippen LogP contribution is -2.47. The van der Waals surface area contributed by atoms with Crippen molar-refractivity contribution in [2.75, 3.05) is 32.1 Å².